The van der Waals surface area contributed by atoms with Crippen molar-refractivity contribution in [3.63, 3.8) is 0 Å². The second-order valence-electron chi connectivity index (χ2n) is 7.83. The van der Waals surface area contributed by atoms with E-state index in [0.717, 1.165) is 51.4 Å². The number of phenolic OH excluding ortho intramolecular Hbond substituents is 2. The van der Waals surface area contributed by atoms with Crippen LogP contribution in [0.15, 0.2) is 37.5 Å². The zero-order valence-corrected chi connectivity index (χ0v) is 18.4. The SMILES string of the molecule is C=CCc1cc(O)c(CC=C)c(/C=C/CCCCCCCCC(CC)C(=O)O)c1O. The Morgan fingerprint density at radius 2 is 1.67 bits per heavy atom. The van der Waals surface area contributed by atoms with Crippen LogP contribution in [0.5, 0.6) is 11.5 Å². The fourth-order valence-electron chi connectivity index (χ4n) is 3.69. The maximum atomic E-state index is 11.0. The Hall–Kier alpha value is -2.49. The second kappa shape index (κ2) is 14.5. The van der Waals surface area contributed by atoms with Crippen LogP contribution < -0.4 is 0 Å². The number of hydrogen-bond donors (Lipinski definition) is 3. The number of rotatable bonds is 16. The smallest absolute Gasteiger partial charge is 0.306 e. The highest BCUT2D eigenvalue weighted by Gasteiger charge is 2.14. The first-order valence-corrected chi connectivity index (χ1v) is 11.1. The molecule has 0 saturated heterocycles. The van der Waals surface area contributed by atoms with Gasteiger partial charge in [-0.15, -0.1) is 13.2 Å². The summed E-state index contributed by atoms with van der Waals surface area (Å²) in [5.74, 6) is -0.484. The molecule has 1 unspecified atom stereocenters. The van der Waals surface area contributed by atoms with E-state index in [-0.39, 0.29) is 17.4 Å². The van der Waals surface area contributed by atoms with Gasteiger partial charge >= 0.3 is 5.97 Å². The third kappa shape index (κ3) is 8.48. The van der Waals surface area contributed by atoms with Crippen molar-refractivity contribution in [1.82, 2.24) is 0 Å². The number of hydrogen-bond acceptors (Lipinski definition) is 3. The molecule has 0 fully saturated rings. The number of phenols is 2. The summed E-state index contributed by atoms with van der Waals surface area (Å²) in [7, 11) is 0. The second-order valence-corrected chi connectivity index (χ2v) is 7.83. The van der Waals surface area contributed by atoms with E-state index in [0.29, 0.717) is 36.0 Å². The average Bonchev–Trinajstić information content (AvgIpc) is 2.71. The van der Waals surface area contributed by atoms with E-state index in [9.17, 15) is 15.0 Å². The normalized spacial score (nSPS) is 12.2. The average molecular weight is 415 g/mol. The van der Waals surface area contributed by atoms with Gasteiger partial charge in [0.05, 0.1) is 5.92 Å². The number of aromatic hydroxyl groups is 2. The predicted octanol–water partition coefficient (Wildman–Crippen LogP) is 6.80. The fraction of sp³-hybridized carbons (Fsp3) is 0.500. The van der Waals surface area contributed by atoms with Crippen LogP contribution in [0.3, 0.4) is 0 Å². The summed E-state index contributed by atoms with van der Waals surface area (Å²) in [6.45, 7) is 9.38. The summed E-state index contributed by atoms with van der Waals surface area (Å²) < 4.78 is 0. The van der Waals surface area contributed by atoms with Crippen molar-refractivity contribution in [2.45, 2.75) is 77.6 Å². The number of carboxylic acids is 1. The molecule has 166 valence electrons. The van der Waals surface area contributed by atoms with E-state index in [1.54, 1.807) is 18.2 Å². The third-order valence-electron chi connectivity index (χ3n) is 5.52. The summed E-state index contributed by atoms with van der Waals surface area (Å²) in [5.41, 5.74) is 2.03. The van der Waals surface area contributed by atoms with Gasteiger partial charge in [-0.1, -0.05) is 63.3 Å². The van der Waals surface area contributed by atoms with Crippen molar-refractivity contribution in [2.75, 3.05) is 0 Å². The van der Waals surface area contributed by atoms with E-state index >= 15 is 0 Å². The lowest BCUT2D eigenvalue weighted by Crippen LogP contribution is -2.12. The van der Waals surface area contributed by atoms with E-state index in [2.05, 4.69) is 19.2 Å². The molecule has 0 aliphatic rings. The Balaban J connectivity index is 2.44. The topological polar surface area (TPSA) is 77.8 Å². The molecule has 1 aromatic rings. The number of unbranched alkanes of at least 4 members (excludes halogenated alkanes) is 6. The first-order valence-electron chi connectivity index (χ1n) is 11.1. The van der Waals surface area contributed by atoms with Crippen molar-refractivity contribution in [2.24, 2.45) is 5.92 Å². The minimum atomic E-state index is -0.671. The number of carbonyl (C=O) groups is 1. The Morgan fingerprint density at radius 3 is 2.27 bits per heavy atom. The highest BCUT2D eigenvalue weighted by molar-refractivity contribution is 5.69. The monoisotopic (exact) mass is 414 g/mol. The Bertz CT molecular complexity index is 718. The molecule has 0 saturated carbocycles. The summed E-state index contributed by atoms with van der Waals surface area (Å²) in [6, 6.07) is 1.60. The van der Waals surface area contributed by atoms with E-state index in [1.165, 1.54) is 0 Å². The van der Waals surface area contributed by atoms with Crippen molar-refractivity contribution in [1.29, 1.82) is 0 Å². The molecule has 1 rings (SSSR count). The van der Waals surface area contributed by atoms with Gasteiger partial charge in [-0.2, -0.15) is 0 Å². The van der Waals surface area contributed by atoms with E-state index in [1.807, 2.05) is 13.0 Å². The quantitative estimate of drug-likeness (QED) is 0.158. The Kier molecular flexibility index (Phi) is 12.3. The molecule has 0 radical (unpaired) electrons. The van der Waals surface area contributed by atoms with Crippen LogP contribution in [-0.2, 0) is 17.6 Å². The van der Waals surface area contributed by atoms with Crippen molar-refractivity contribution < 1.29 is 20.1 Å². The molecule has 30 heavy (non-hydrogen) atoms. The van der Waals surface area contributed by atoms with Gasteiger partial charge in [-0.3, -0.25) is 4.79 Å². The number of aliphatic carboxylic acids is 1. The van der Waals surface area contributed by atoms with Gasteiger partial charge in [0.1, 0.15) is 11.5 Å². The van der Waals surface area contributed by atoms with Crippen LogP contribution in [0.4, 0.5) is 0 Å². The van der Waals surface area contributed by atoms with Gasteiger partial charge in [-0.05, 0) is 44.6 Å². The summed E-state index contributed by atoms with van der Waals surface area (Å²) >= 11 is 0. The van der Waals surface area contributed by atoms with Gasteiger partial charge in [0.2, 0.25) is 0 Å². The van der Waals surface area contributed by atoms with E-state index < -0.39 is 5.97 Å². The summed E-state index contributed by atoms with van der Waals surface area (Å²) in [6.07, 6.45) is 17.3. The minimum Gasteiger partial charge on any atom is -0.508 e. The van der Waals surface area contributed by atoms with Gasteiger partial charge in [0.25, 0.3) is 0 Å². The molecule has 3 N–H and O–H groups in total. The predicted molar refractivity (Wildman–Crippen MR) is 125 cm³/mol. The number of allylic oxidation sites excluding steroid dienone is 3. The molecule has 1 aromatic carbocycles. The lowest BCUT2D eigenvalue weighted by Gasteiger charge is -2.13. The third-order valence-corrected chi connectivity index (χ3v) is 5.52. The Labute approximate surface area is 181 Å². The lowest BCUT2D eigenvalue weighted by molar-refractivity contribution is -0.142. The van der Waals surface area contributed by atoms with Crippen molar-refractivity contribution in [3.05, 3.63) is 54.1 Å². The first kappa shape index (κ1) is 25.5. The van der Waals surface area contributed by atoms with Crippen LogP contribution in [0.2, 0.25) is 0 Å². The zero-order chi connectivity index (χ0) is 22.4. The van der Waals surface area contributed by atoms with Crippen LogP contribution in [0.1, 0.15) is 81.4 Å². The summed E-state index contributed by atoms with van der Waals surface area (Å²) in [4.78, 5) is 11.0. The van der Waals surface area contributed by atoms with Gasteiger partial charge < -0.3 is 15.3 Å². The van der Waals surface area contributed by atoms with Gasteiger partial charge in [0, 0.05) is 16.7 Å². The van der Waals surface area contributed by atoms with Gasteiger partial charge in [0.15, 0.2) is 0 Å². The first-order chi connectivity index (χ1) is 14.5. The molecule has 0 aliphatic carbocycles. The Morgan fingerprint density at radius 1 is 1.03 bits per heavy atom. The molecule has 0 amide bonds. The molecule has 4 nitrogen and oxygen atoms in total. The molecule has 0 aliphatic heterocycles. The van der Waals surface area contributed by atoms with Crippen LogP contribution in [0.25, 0.3) is 6.08 Å². The molecule has 4 heteroatoms. The minimum absolute atomic E-state index is 0.178. The molecule has 0 aromatic heterocycles. The fourth-order valence-corrected chi connectivity index (χ4v) is 3.69. The maximum Gasteiger partial charge on any atom is 0.306 e. The molecule has 0 bridgehead atoms. The van der Waals surface area contributed by atoms with Crippen LogP contribution in [-0.4, -0.2) is 21.3 Å². The van der Waals surface area contributed by atoms with Crippen LogP contribution >= 0.6 is 0 Å². The lowest BCUT2D eigenvalue weighted by atomic mass is 9.96. The molecule has 1 atom stereocenters. The zero-order valence-electron chi connectivity index (χ0n) is 18.4. The van der Waals surface area contributed by atoms with E-state index in [4.69, 9.17) is 5.11 Å². The molecular weight excluding hydrogens is 376 g/mol. The highest BCUT2D eigenvalue weighted by Crippen LogP contribution is 2.35. The number of benzene rings is 1. The van der Waals surface area contributed by atoms with Crippen LogP contribution in [0, 0.1) is 5.92 Å². The molecule has 0 spiro atoms. The summed E-state index contributed by atoms with van der Waals surface area (Å²) in [5, 5.41) is 30.0. The largest absolute Gasteiger partial charge is 0.508 e. The van der Waals surface area contributed by atoms with Crippen molar-refractivity contribution >= 4 is 12.0 Å². The molecular formula is C26H38O4. The van der Waals surface area contributed by atoms with Gasteiger partial charge in [-0.25, -0.2) is 0 Å². The maximum absolute atomic E-state index is 11.0. The molecule has 0 heterocycles. The van der Waals surface area contributed by atoms with Crippen molar-refractivity contribution in [3.8, 4) is 11.5 Å². The number of carboxylic acid groups (broad SMARTS) is 1. The highest BCUT2D eigenvalue weighted by atomic mass is 16.4. The standard InChI is InChI=1S/C26H38O4/c1-4-15-21-19-24(27)22(16-5-2)23(25(21)28)18-14-12-10-8-7-9-11-13-17-20(6-3)26(29)30/h4-5,14,18-20,27-28H,1-2,6-13,15-17H2,3H3,(H,29,30)/b18-14+.